The molecule has 0 aliphatic carbocycles. The first kappa shape index (κ1) is 32.6. The molecule has 4 aromatic rings. The van der Waals surface area contributed by atoms with Gasteiger partial charge in [0.1, 0.15) is 35.4 Å². The molecule has 240 valence electrons. The van der Waals surface area contributed by atoms with E-state index in [2.05, 4.69) is 53.1 Å². The van der Waals surface area contributed by atoms with Crippen molar-refractivity contribution in [1.29, 1.82) is 5.41 Å². The number of likely N-dealkylation sites (tertiary alicyclic amines) is 1. The number of nitrogens with one attached hydrogen (secondary N) is 2. The maximum Gasteiger partial charge on any atom is 0.356 e. The van der Waals surface area contributed by atoms with Gasteiger partial charge in [-0.15, -0.1) is 0 Å². The van der Waals surface area contributed by atoms with Crippen molar-refractivity contribution in [3.8, 4) is 17.2 Å². The number of amides is 1. The molecule has 3 aromatic carbocycles. The highest BCUT2D eigenvalue weighted by molar-refractivity contribution is 6.00. The van der Waals surface area contributed by atoms with E-state index < -0.39 is 11.9 Å². The first-order valence-electron chi connectivity index (χ1n) is 15.8. The van der Waals surface area contributed by atoms with Crippen LogP contribution in [0.15, 0.2) is 84.0 Å². The highest BCUT2D eigenvalue weighted by Gasteiger charge is 2.25. The van der Waals surface area contributed by atoms with Crippen LogP contribution in [-0.4, -0.2) is 64.9 Å². The Morgan fingerprint density at radius 1 is 0.978 bits per heavy atom. The maximum absolute atomic E-state index is 13.4. The van der Waals surface area contributed by atoms with E-state index in [0.717, 1.165) is 47.5 Å². The van der Waals surface area contributed by atoms with Crippen molar-refractivity contribution in [2.75, 3.05) is 26.2 Å². The second kappa shape index (κ2) is 14.6. The van der Waals surface area contributed by atoms with Crippen molar-refractivity contribution >= 4 is 28.4 Å². The molecule has 1 aliphatic heterocycles. The number of hydrogen-bond acceptors (Lipinski definition) is 6. The molecule has 0 radical (unpaired) electrons. The van der Waals surface area contributed by atoms with Crippen molar-refractivity contribution in [3.05, 3.63) is 95.8 Å². The topological polar surface area (TPSA) is 123 Å². The number of aliphatic imine (C=N–C) groups is 1. The Kier molecular flexibility index (Phi) is 10.3. The van der Waals surface area contributed by atoms with Gasteiger partial charge >= 0.3 is 5.90 Å². The van der Waals surface area contributed by atoms with Gasteiger partial charge in [0, 0.05) is 24.5 Å². The van der Waals surface area contributed by atoms with E-state index in [1.54, 1.807) is 12.3 Å². The Morgan fingerprint density at radius 3 is 2.33 bits per heavy atom. The van der Waals surface area contributed by atoms with Crippen molar-refractivity contribution in [1.82, 2.24) is 15.2 Å². The van der Waals surface area contributed by atoms with Gasteiger partial charge in [0.2, 0.25) is 0 Å². The van der Waals surface area contributed by atoms with Gasteiger partial charge in [-0.2, -0.15) is 4.99 Å². The first-order valence-corrected chi connectivity index (χ1v) is 15.8. The summed E-state index contributed by atoms with van der Waals surface area (Å²) in [5.41, 5.74) is 2.40. The number of pyridine rings is 1. The summed E-state index contributed by atoms with van der Waals surface area (Å²) in [6.07, 6.45) is 4.49. The van der Waals surface area contributed by atoms with Crippen LogP contribution in [0.1, 0.15) is 62.2 Å². The van der Waals surface area contributed by atoms with Crippen LogP contribution in [0.25, 0.3) is 10.8 Å². The van der Waals surface area contributed by atoms with Crippen LogP contribution in [0.3, 0.4) is 0 Å². The molecular formula is C37H44N5O4+. The lowest BCUT2D eigenvalue weighted by molar-refractivity contribution is 0.0939. The van der Waals surface area contributed by atoms with E-state index in [4.69, 9.17) is 20.0 Å². The predicted octanol–water partition coefficient (Wildman–Crippen LogP) is 6.26. The number of aromatic nitrogens is 1. The fraction of sp³-hybridized carbons (Fsp3) is 0.351. The lowest BCUT2D eigenvalue weighted by Crippen LogP contribution is -2.43. The van der Waals surface area contributed by atoms with E-state index in [-0.39, 0.29) is 22.8 Å². The van der Waals surface area contributed by atoms with Crippen molar-refractivity contribution in [3.63, 3.8) is 0 Å². The number of ether oxygens (including phenoxy) is 2. The summed E-state index contributed by atoms with van der Waals surface area (Å²) >= 11 is 0. The number of carbonyl (C=O) groups is 1. The second-order valence-electron chi connectivity index (χ2n) is 12.8. The lowest BCUT2D eigenvalue weighted by Gasteiger charge is -2.19. The summed E-state index contributed by atoms with van der Waals surface area (Å²) in [5.74, 6) is 1.63. The van der Waals surface area contributed by atoms with Crippen molar-refractivity contribution in [2.24, 2.45) is 4.99 Å². The third kappa shape index (κ3) is 8.91. The van der Waals surface area contributed by atoms with Crippen LogP contribution < -0.4 is 14.8 Å². The summed E-state index contributed by atoms with van der Waals surface area (Å²) in [4.78, 5) is 24.2. The molecule has 1 amide bonds. The number of nitrogens with zero attached hydrogens (tertiary/aromatic N) is 3. The minimum absolute atomic E-state index is 0.00425. The molecule has 9 heteroatoms. The Labute approximate surface area is 270 Å². The second-order valence-corrected chi connectivity index (χ2v) is 12.8. The van der Waals surface area contributed by atoms with Crippen LogP contribution in [0, 0.1) is 5.41 Å². The van der Waals surface area contributed by atoms with E-state index in [0.29, 0.717) is 18.8 Å². The molecule has 2 heterocycles. The largest absolute Gasteiger partial charge is 0.580 e. The number of hydrogen-bond donors (Lipinski definition) is 2. The zero-order chi connectivity index (χ0) is 32.7. The number of fused-ring (bicyclic) bond motifs is 1. The third-order valence-electron chi connectivity index (χ3n) is 8.04. The molecule has 4 N–H and O–H groups in total. The fourth-order valence-electron chi connectivity index (χ4n) is 5.43. The van der Waals surface area contributed by atoms with Gasteiger partial charge in [0.25, 0.3) is 5.91 Å². The highest BCUT2D eigenvalue weighted by Crippen LogP contribution is 2.29. The fourth-order valence-corrected chi connectivity index (χ4v) is 5.43. The zero-order valence-electron chi connectivity index (χ0n) is 27.1. The minimum Gasteiger partial charge on any atom is -0.580 e. The normalized spacial score (nSPS) is 14.7. The molecule has 1 aliphatic rings. The number of rotatable bonds is 11. The average Bonchev–Trinajstić information content (AvgIpc) is 3.54. The predicted molar refractivity (Wildman–Crippen MR) is 184 cm³/mol. The molecular weight excluding hydrogens is 578 g/mol. The third-order valence-corrected chi connectivity index (χ3v) is 8.04. The summed E-state index contributed by atoms with van der Waals surface area (Å²) in [6, 6.07) is 22.4. The molecule has 0 spiro atoms. The van der Waals surface area contributed by atoms with E-state index in [1.165, 1.54) is 25.3 Å². The molecule has 0 bridgehead atoms. The number of carbonyl (C=O) groups excluding carboxylic acids is 1. The molecule has 46 heavy (non-hydrogen) atoms. The maximum atomic E-state index is 13.4. The van der Waals surface area contributed by atoms with Crippen LogP contribution in [-0.2, 0) is 11.8 Å². The van der Waals surface area contributed by atoms with Gasteiger partial charge in [0.05, 0.1) is 0 Å². The Balaban J connectivity index is 1.26. The highest BCUT2D eigenvalue weighted by atomic mass is 16.5. The zero-order valence-corrected chi connectivity index (χ0v) is 27.1. The van der Waals surface area contributed by atoms with Gasteiger partial charge in [-0.05, 0) is 103 Å². The van der Waals surface area contributed by atoms with Crippen LogP contribution in [0.5, 0.6) is 17.2 Å². The standard InChI is InChI=1S/C37H43N5O4/c1-25(38)40-36(44)34(21-26-7-12-30(13-8-26)45-20-19-42-17-5-6-18-42)41-35(43)33-23-28-22-32(14-9-27(28)24-39-33)46-31-15-10-29(11-16-31)37(2,3)4/h7-16,22-24,34H,5-6,17-21H2,1-4H3,(H,41,43)(H2,38,40,44)/p+1/t34-/m0/s1. The van der Waals surface area contributed by atoms with Gasteiger partial charge < -0.3 is 19.9 Å². The van der Waals surface area contributed by atoms with Gasteiger partial charge in [0.15, 0.2) is 6.04 Å². The summed E-state index contributed by atoms with van der Waals surface area (Å²) in [5, 5.41) is 20.9. The minimum atomic E-state index is -0.752. The number of amidine groups is 1. The van der Waals surface area contributed by atoms with Crippen LogP contribution in [0.4, 0.5) is 0 Å². The summed E-state index contributed by atoms with van der Waals surface area (Å²) in [6.45, 7) is 11.9. The monoisotopic (exact) mass is 622 g/mol. The number of benzene rings is 3. The van der Waals surface area contributed by atoms with Crippen molar-refractivity contribution in [2.45, 2.75) is 58.4 Å². The molecule has 0 unspecified atom stereocenters. The first-order chi connectivity index (χ1) is 22.0. The molecule has 1 aromatic heterocycles. The molecule has 1 saturated heterocycles. The quantitative estimate of drug-likeness (QED) is 0.116. The Morgan fingerprint density at radius 2 is 1.65 bits per heavy atom. The molecule has 1 atom stereocenters. The van der Waals surface area contributed by atoms with Gasteiger partial charge in [-0.1, -0.05) is 45.0 Å². The van der Waals surface area contributed by atoms with Gasteiger partial charge in [-0.3, -0.25) is 20.1 Å². The molecule has 5 rings (SSSR count). The summed E-state index contributed by atoms with van der Waals surface area (Å²) in [7, 11) is 0. The van der Waals surface area contributed by atoms with Crippen LogP contribution >= 0.6 is 0 Å². The molecule has 0 saturated carbocycles. The van der Waals surface area contributed by atoms with Gasteiger partial charge in [-0.25, -0.2) is 0 Å². The van der Waals surface area contributed by atoms with E-state index in [1.807, 2.05) is 54.6 Å². The lowest BCUT2D eigenvalue weighted by atomic mass is 9.87. The van der Waals surface area contributed by atoms with Crippen molar-refractivity contribution < 1.29 is 19.4 Å². The smallest absolute Gasteiger partial charge is 0.356 e. The van der Waals surface area contributed by atoms with Crippen LogP contribution in [0.2, 0.25) is 0 Å². The molecule has 1 fully saturated rings. The average molecular weight is 623 g/mol. The SMILES string of the molecule is CC(=N)N=C([OH2+])[C@H](Cc1ccc(OCCN2CCCC2)cc1)NC(=O)c1cc2cc(Oc3ccc(C(C)(C)C)cc3)ccc2cn1. The van der Waals surface area contributed by atoms with E-state index >= 15 is 0 Å². The Bertz CT molecular complexity index is 1690. The Hall–Kier alpha value is -4.76. The summed E-state index contributed by atoms with van der Waals surface area (Å²) < 4.78 is 12.0. The molecule has 9 nitrogen and oxygen atoms in total. The van der Waals surface area contributed by atoms with E-state index in [9.17, 15) is 4.79 Å².